The molecular weight excluding hydrogens is 325 g/mol. The number of hydrogen-bond donors (Lipinski definition) is 1. The molecule has 0 fully saturated rings. The second-order valence-electron chi connectivity index (χ2n) is 4.68. The van der Waals surface area contributed by atoms with Crippen LogP contribution in [-0.2, 0) is 6.42 Å². The zero-order chi connectivity index (χ0) is 14.1. The molecule has 0 heterocycles. The lowest BCUT2D eigenvalue weighted by atomic mass is 10.1. The molecule has 0 radical (unpaired) electrons. The smallest absolute Gasteiger partial charge is 0.137 e. The summed E-state index contributed by atoms with van der Waals surface area (Å²) in [6, 6.07) is 5.77. The first kappa shape index (κ1) is 17.0. The first-order chi connectivity index (χ1) is 9.17. The van der Waals surface area contributed by atoms with Gasteiger partial charge >= 0.3 is 0 Å². The Morgan fingerprint density at radius 2 is 2.11 bits per heavy atom. The zero-order valence-corrected chi connectivity index (χ0v) is 14.1. The van der Waals surface area contributed by atoms with Crippen LogP contribution in [-0.4, -0.2) is 24.1 Å². The number of benzene rings is 1. The molecule has 0 spiro atoms. The molecule has 1 atom stereocenters. The van der Waals surface area contributed by atoms with E-state index in [9.17, 15) is 4.39 Å². The molecule has 0 aliphatic carbocycles. The minimum atomic E-state index is -0.192. The van der Waals surface area contributed by atoms with Crippen molar-refractivity contribution >= 4 is 27.7 Å². The van der Waals surface area contributed by atoms with Gasteiger partial charge in [-0.2, -0.15) is 11.8 Å². The predicted octanol–water partition coefficient (Wildman–Crippen LogP) is 4.64. The van der Waals surface area contributed by atoms with Crippen LogP contribution in [0.25, 0.3) is 0 Å². The normalized spacial score (nSPS) is 12.6. The third kappa shape index (κ3) is 6.77. The molecule has 1 aromatic rings. The molecule has 1 nitrogen and oxygen atoms in total. The van der Waals surface area contributed by atoms with Crippen LogP contribution < -0.4 is 5.32 Å². The average molecular weight is 348 g/mol. The summed E-state index contributed by atoms with van der Waals surface area (Å²) in [5, 5.41) is 3.58. The van der Waals surface area contributed by atoms with Crippen LogP contribution in [0.1, 0.15) is 32.3 Å². The van der Waals surface area contributed by atoms with Gasteiger partial charge in [0.1, 0.15) is 5.82 Å². The Balaban J connectivity index is 2.56. The fraction of sp³-hybridized carbons (Fsp3) is 0.600. The number of rotatable bonds is 9. The van der Waals surface area contributed by atoms with Gasteiger partial charge in [-0.15, -0.1) is 0 Å². The Kier molecular flexibility index (Phi) is 8.75. The Morgan fingerprint density at radius 1 is 1.32 bits per heavy atom. The van der Waals surface area contributed by atoms with E-state index in [1.54, 1.807) is 0 Å². The van der Waals surface area contributed by atoms with Crippen molar-refractivity contribution < 1.29 is 4.39 Å². The summed E-state index contributed by atoms with van der Waals surface area (Å²) in [7, 11) is 0. The maximum Gasteiger partial charge on any atom is 0.137 e. The summed E-state index contributed by atoms with van der Waals surface area (Å²) >= 11 is 5.24. The number of nitrogens with one attached hydrogen (secondary N) is 1. The van der Waals surface area contributed by atoms with Crippen molar-refractivity contribution in [3.8, 4) is 0 Å². The van der Waals surface area contributed by atoms with E-state index < -0.39 is 0 Å². The molecule has 0 aliphatic heterocycles. The molecule has 1 aromatic carbocycles. The maximum absolute atomic E-state index is 13.2. The Morgan fingerprint density at radius 3 is 2.74 bits per heavy atom. The number of thioether (sulfide) groups is 1. The van der Waals surface area contributed by atoms with Crippen molar-refractivity contribution in [2.24, 2.45) is 0 Å². The molecule has 1 rings (SSSR count). The van der Waals surface area contributed by atoms with Crippen LogP contribution in [0.15, 0.2) is 22.7 Å². The molecule has 1 unspecified atom stereocenters. The SMILES string of the molecule is CCCNC(CSCCC)Cc1ccc(F)c(Br)c1. The second kappa shape index (κ2) is 9.78. The van der Waals surface area contributed by atoms with Crippen molar-refractivity contribution in [1.29, 1.82) is 0 Å². The molecule has 0 amide bonds. The number of halogens is 2. The van der Waals surface area contributed by atoms with Gasteiger partial charge in [-0.3, -0.25) is 0 Å². The van der Waals surface area contributed by atoms with Gasteiger partial charge in [0.25, 0.3) is 0 Å². The fourth-order valence-corrected chi connectivity index (χ4v) is 3.26. The third-order valence-corrected chi connectivity index (χ3v) is 4.76. The van der Waals surface area contributed by atoms with Crippen molar-refractivity contribution in [3.05, 3.63) is 34.1 Å². The van der Waals surface area contributed by atoms with Crippen LogP contribution in [0.4, 0.5) is 4.39 Å². The van der Waals surface area contributed by atoms with Gasteiger partial charge in [-0.05, 0) is 65.2 Å². The van der Waals surface area contributed by atoms with E-state index in [2.05, 4.69) is 35.1 Å². The zero-order valence-electron chi connectivity index (χ0n) is 11.7. The first-order valence-electron chi connectivity index (χ1n) is 6.92. The molecule has 4 heteroatoms. The highest BCUT2D eigenvalue weighted by Gasteiger charge is 2.10. The Hall–Kier alpha value is -0.0600. The second-order valence-corrected chi connectivity index (χ2v) is 6.68. The summed E-state index contributed by atoms with van der Waals surface area (Å²) < 4.78 is 13.8. The Bertz CT molecular complexity index is 373. The Labute approximate surface area is 128 Å². The lowest BCUT2D eigenvalue weighted by molar-refractivity contribution is 0.549. The van der Waals surface area contributed by atoms with E-state index in [0.29, 0.717) is 10.5 Å². The van der Waals surface area contributed by atoms with E-state index >= 15 is 0 Å². The molecule has 1 N–H and O–H groups in total. The molecule has 0 bridgehead atoms. The van der Waals surface area contributed by atoms with Crippen LogP contribution in [0.3, 0.4) is 0 Å². The molecule has 0 saturated carbocycles. The van der Waals surface area contributed by atoms with E-state index in [0.717, 1.165) is 25.1 Å². The molecule has 19 heavy (non-hydrogen) atoms. The lowest BCUT2D eigenvalue weighted by Gasteiger charge is -2.18. The van der Waals surface area contributed by atoms with Gasteiger partial charge in [-0.25, -0.2) is 4.39 Å². The van der Waals surface area contributed by atoms with E-state index in [4.69, 9.17) is 0 Å². The van der Waals surface area contributed by atoms with Gasteiger partial charge in [-0.1, -0.05) is 19.9 Å². The van der Waals surface area contributed by atoms with Gasteiger partial charge in [0, 0.05) is 11.8 Å². The maximum atomic E-state index is 13.2. The van der Waals surface area contributed by atoms with Crippen LogP contribution >= 0.6 is 27.7 Å². The van der Waals surface area contributed by atoms with Crippen molar-refractivity contribution in [3.63, 3.8) is 0 Å². The standard InChI is InChI=1S/C15H23BrFNS/c1-3-7-18-13(11-19-8-4-2)9-12-5-6-15(17)14(16)10-12/h5-6,10,13,18H,3-4,7-9,11H2,1-2H3. The summed E-state index contributed by atoms with van der Waals surface area (Å²) in [6.45, 7) is 5.43. The van der Waals surface area contributed by atoms with Gasteiger partial charge in [0.05, 0.1) is 4.47 Å². The highest BCUT2D eigenvalue weighted by atomic mass is 79.9. The topological polar surface area (TPSA) is 12.0 Å². The minimum Gasteiger partial charge on any atom is -0.313 e. The fourth-order valence-electron chi connectivity index (χ4n) is 1.86. The summed E-state index contributed by atoms with van der Waals surface area (Å²) in [5.41, 5.74) is 1.18. The monoisotopic (exact) mass is 347 g/mol. The summed E-state index contributed by atoms with van der Waals surface area (Å²) in [6.07, 6.45) is 3.31. The van der Waals surface area contributed by atoms with Gasteiger partial charge < -0.3 is 5.32 Å². The first-order valence-corrected chi connectivity index (χ1v) is 8.87. The van der Waals surface area contributed by atoms with Crippen LogP contribution in [0.2, 0.25) is 0 Å². The van der Waals surface area contributed by atoms with Crippen molar-refractivity contribution in [1.82, 2.24) is 5.32 Å². The average Bonchev–Trinajstić information content (AvgIpc) is 2.40. The molecule has 108 valence electrons. The summed E-state index contributed by atoms with van der Waals surface area (Å²) in [4.78, 5) is 0. The van der Waals surface area contributed by atoms with Crippen LogP contribution in [0.5, 0.6) is 0 Å². The van der Waals surface area contributed by atoms with Crippen molar-refractivity contribution in [2.75, 3.05) is 18.1 Å². The quantitative estimate of drug-likeness (QED) is 0.653. The van der Waals surface area contributed by atoms with E-state index in [1.807, 2.05) is 23.9 Å². The van der Waals surface area contributed by atoms with Crippen LogP contribution in [0, 0.1) is 5.82 Å². The third-order valence-electron chi connectivity index (χ3n) is 2.82. The highest BCUT2D eigenvalue weighted by molar-refractivity contribution is 9.10. The molecule has 0 aliphatic rings. The summed E-state index contributed by atoms with van der Waals surface area (Å²) in [5.74, 6) is 2.13. The van der Waals surface area contributed by atoms with E-state index in [1.165, 1.54) is 23.8 Å². The molecule has 0 aromatic heterocycles. The van der Waals surface area contributed by atoms with Gasteiger partial charge in [0.15, 0.2) is 0 Å². The van der Waals surface area contributed by atoms with Gasteiger partial charge in [0.2, 0.25) is 0 Å². The molecule has 0 saturated heterocycles. The highest BCUT2D eigenvalue weighted by Crippen LogP contribution is 2.18. The predicted molar refractivity (Wildman–Crippen MR) is 87.5 cm³/mol. The molecular formula is C15H23BrFNS. The minimum absolute atomic E-state index is 0.192. The lowest BCUT2D eigenvalue weighted by Crippen LogP contribution is -2.34. The van der Waals surface area contributed by atoms with E-state index in [-0.39, 0.29) is 5.82 Å². The number of hydrogen-bond acceptors (Lipinski definition) is 2. The largest absolute Gasteiger partial charge is 0.313 e. The van der Waals surface area contributed by atoms with Crippen molar-refractivity contribution in [2.45, 2.75) is 39.2 Å².